The second kappa shape index (κ2) is 9.68. The highest BCUT2D eigenvalue weighted by Crippen LogP contribution is 2.34. The second-order valence-electron chi connectivity index (χ2n) is 8.56. The van der Waals surface area contributed by atoms with Crippen LogP contribution in [-0.2, 0) is 4.79 Å². The number of allylic oxidation sites excluding steroid dienone is 1. The molecule has 0 aliphatic rings. The Morgan fingerprint density at radius 2 is 1.74 bits per heavy atom. The number of fused-ring (bicyclic) bond motifs is 1. The molecule has 5 nitrogen and oxygen atoms in total. The van der Waals surface area contributed by atoms with Gasteiger partial charge < -0.3 is 5.11 Å². The van der Waals surface area contributed by atoms with E-state index in [0.29, 0.717) is 6.42 Å². The van der Waals surface area contributed by atoms with Crippen LogP contribution in [0.4, 0.5) is 0 Å². The first-order chi connectivity index (χ1) is 17.0. The molecule has 0 fully saturated rings. The molecule has 5 rings (SSSR count). The van der Waals surface area contributed by atoms with Crippen molar-refractivity contribution < 1.29 is 9.90 Å². The molecule has 0 aliphatic carbocycles. The van der Waals surface area contributed by atoms with Crippen LogP contribution in [0.3, 0.4) is 0 Å². The summed E-state index contributed by atoms with van der Waals surface area (Å²) in [5, 5.41) is 15.2. The lowest BCUT2D eigenvalue weighted by Crippen LogP contribution is -1.95. The van der Waals surface area contributed by atoms with Gasteiger partial charge in [-0.05, 0) is 73.4 Å². The van der Waals surface area contributed by atoms with Gasteiger partial charge in [-0.2, -0.15) is 5.10 Å². The summed E-state index contributed by atoms with van der Waals surface area (Å²) in [6.07, 6.45) is 4.48. The van der Waals surface area contributed by atoms with Gasteiger partial charge in [-0.15, -0.1) is 11.3 Å². The molecule has 0 aliphatic heterocycles. The third-order valence-electron chi connectivity index (χ3n) is 6.05. The number of para-hydroxylation sites is 2. The Kier molecular flexibility index (Phi) is 6.29. The van der Waals surface area contributed by atoms with Crippen LogP contribution >= 0.6 is 11.3 Å². The third kappa shape index (κ3) is 4.93. The standard InChI is InChI=1S/C29H25N3O2S/c1-19-12-13-21(16-20(19)2)28-23(18-32(31-28)24-8-4-3-5-9-24)17-22(14-15-27(33)34)29-30-25-10-6-7-11-26(25)35-29/h3-13,16-18H,14-15H2,1-2H3,(H,33,34)/b22-17+. The number of benzene rings is 3. The van der Waals surface area contributed by atoms with E-state index < -0.39 is 5.97 Å². The van der Waals surface area contributed by atoms with E-state index in [9.17, 15) is 9.90 Å². The fourth-order valence-corrected chi connectivity index (χ4v) is 5.01. The molecule has 0 bridgehead atoms. The lowest BCUT2D eigenvalue weighted by Gasteiger charge is -2.06. The van der Waals surface area contributed by atoms with Crippen molar-refractivity contribution in [3.05, 3.63) is 101 Å². The first-order valence-electron chi connectivity index (χ1n) is 11.5. The number of aryl methyl sites for hydroxylation is 2. The zero-order valence-electron chi connectivity index (χ0n) is 19.6. The molecular weight excluding hydrogens is 454 g/mol. The summed E-state index contributed by atoms with van der Waals surface area (Å²) >= 11 is 1.59. The summed E-state index contributed by atoms with van der Waals surface area (Å²) in [6.45, 7) is 4.20. The minimum Gasteiger partial charge on any atom is -0.481 e. The summed E-state index contributed by atoms with van der Waals surface area (Å²) in [4.78, 5) is 16.3. The number of thiazole rings is 1. The summed E-state index contributed by atoms with van der Waals surface area (Å²) < 4.78 is 2.96. The first kappa shape index (κ1) is 22.7. The number of carboxylic acid groups (broad SMARTS) is 1. The maximum Gasteiger partial charge on any atom is 0.303 e. The van der Waals surface area contributed by atoms with E-state index in [-0.39, 0.29) is 6.42 Å². The Labute approximate surface area is 208 Å². The maximum absolute atomic E-state index is 11.4. The van der Waals surface area contributed by atoms with Crippen LogP contribution in [0.5, 0.6) is 0 Å². The molecule has 0 saturated carbocycles. The largest absolute Gasteiger partial charge is 0.481 e. The van der Waals surface area contributed by atoms with E-state index in [0.717, 1.165) is 43.3 Å². The highest BCUT2D eigenvalue weighted by Gasteiger charge is 2.16. The Balaban J connectivity index is 1.67. The molecule has 3 aromatic carbocycles. The SMILES string of the molecule is Cc1ccc(-c2nn(-c3ccccc3)cc2/C=C(\CCC(=O)O)c2nc3ccccc3s2)cc1C. The minimum atomic E-state index is -0.827. The summed E-state index contributed by atoms with van der Waals surface area (Å²) in [5.74, 6) is -0.827. The van der Waals surface area contributed by atoms with Gasteiger partial charge in [0.15, 0.2) is 0 Å². The van der Waals surface area contributed by atoms with E-state index in [2.05, 4.69) is 38.1 Å². The average Bonchev–Trinajstić information content (AvgIpc) is 3.48. The fourth-order valence-electron chi connectivity index (χ4n) is 4.00. The number of carbonyl (C=O) groups is 1. The van der Waals surface area contributed by atoms with Crippen LogP contribution in [0, 0.1) is 13.8 Å². The number of aromatic nitrogens is 3. The Morgan fingerprint density at radius 3 is 2.49 bits per heavy atom. The molecule has 2 heterocycles. The van der Waals surface area contributed by atoms with Gasteiger partial charge in [-0.1, -0.05) is 42.5 Å². The monoisotopic (exact) mass is 479 g/mol. The van der Waals surface area contributed by atoms with Crippen molar-refractivity contribution in [3.63, 3.8) is 0 Å². The van der Waals surface area contributed by atoms with Crippen LogP contribution in [-0.4, -0.2) is 25.8 Å². The van der Waals surface area contributed by atoms with Crippen LogP contribution in [0.2, 0.25) is 0 Å². The Hall–Kier alpha value is -4.03. The van der Waals surface area contributed by atoms with Gasteiger partial charge in [0.2, 0.25) is 0 Å². The van der Waals surface area contributed by atoms with E-state index in [1.165, 1.54) is 11.1 Å². The predicted octanol–water partition coefficient (Wildman–Crippen LogP) is 7.17. The van der Waals surface area contributed by atoms with Gasteiger partial charge >= 0.3 is 5.97 Å². The lowest BCUT2D eigenvalue weighted by atomic mass is 10.0. The highest BCUT2D eigenvalue weighted by molar-refractivity contribution is 7.19. The molecular formula is C29H25N3O2S. The number of rotatable bonds is 7. The first-order valence-corrected chi connectivity index (χ1v) is 12.3. The summed E-state index contributed by atoms with van der Waals surface area (Å²) in [6, 6.07) is 24.3. The summed E-state index contributed by atoms with van der Waals surface area (Å²) in [5.41, 5.74) is 8.01. The van der Waals surface area contributed by atoms with Crippen molar-refractivity contribution in [2.75, 3.05) is 0 Å². The molecule has 0 radical (unpaired) electrons. The van der Waals surface area contributed by atoms with Crippen LogP contribution in [0.1, 0.15) is 34.5 Å². The molecule has 0 unspecified atom stereocenters. The van der Waals surface area contributed by atoms with Gasteiger partial charge in [0.1, 0.15) is 5.01 Å². The quantitative estimate of drug-likeness (QED) is 0.269. The number of aliphatic carboxylic acids is 1. The molecule has 0 atom stereocenters. The minimum absolute atomic E-state index is 0.0353. The van der Waals surface area contributed by atoms with Gasteiger partial charge in [-0.25, -0.2) is 9.67 Å². The van der Waals surface area contributed by atoms with E-state index in [4.69, 9.17) is 10.1 Å². The van der Waals surface area contributed by atoms with Gasteiger partial charge in [0.05, 0.1) is 21.6 Å². The Bertz CT molecular complexity index is 1510. The zero-order chi connectivity index (χ0) is 24.4. The van der Waals surface area contributed by atoms with Crippen LogP contribution < -0.4 is 0 Å². The van der Waals surface area contributed by atoms with Crippen molar-refractivity contribution >= 4 is 39.2 Å². The van der Waals surface area contributed by atoms with E-state index in [1.54, 1.807) is 11.3 Å². The maximum atomic E-state index is 11.4. The topological polar surface area (TPSA) is 68.0 Å². The van der Waals surface area contributed by atoms with Crippen LogP contribution in [0.15, 0.2) is 79.0 Å². The normalized spacial score (nSPS) is 11.8. The molecule has 174 valence electrons. The van der Waals surface area contributed by atoms with Gasteiger partial charge in [0.25, 0.3) is 0 Å². The molecule has 6 heteroatoms. The lowest BCUT2D eigenvalue weighted by molar-refractivity contribution is -0.136. The molecule has 0 spiro atoms. The van der Waals surface area contributed by atoms with Crippen molar-refractivity contribution in [2.45, 2.75) is 26.7 Å². The smallest absolute Gasteiger partial charge is 0.303 e. The molecule has 35 heavy (non-hydrogen) atoms. The van der Waals surface area contributed by atoms with Gasteiger partial charge in [0, 0.05) is 23.7 Å². The van der Waals surface area contributed by atoms with Crippen molar-refractivity contribution in [1.29, 1.82) is 0 Å². The second-order valence-corrected chi connectivity index (χ2v) is 9.59. The predicted molar refractivity (Wildman–Crippen MR) is 143 cm³/mol. The van der Waals surface area contributed by atoms with Crippen molar-refractivity contribution in [1.82, 2.24) is 14.8 Å². The number of hydrogen-bond acceptors (Lipinski definition) is 4. The number of hydrogen-bond donors (Lipinski definition) is 1. The molecule has 5 aromatic rings. The van der Waals surface area contributed by atoms with Crippen molar-refractivity contribution in [2.24, 2.45) is 0 Å². The van der Waals surface area contributed by atoms with E-state index in [1.807, 2.05) is 65.5 Å². The van der Waals surface area contributed by atoms with E-state index >= 15 is 0 Å². The zero-order valence-corrected chi connectivity index (χ0v) is 20.4. The molecule has 1 N–H and O–H groups in total. The fraction of sp³-hybridized carbons (Fsp3) is 0.138. The molecule has 0 saturated heterocycles. The number of nitrogens with zero attached hydrogens (tertiary/aromatic N) is 3. The molecule has 2 aromatic heterocycles. The highest BCUT2D eigenvalue weighted by atomic mass is 32.1. The number of carboxylic acids is 1. The molecule has 0 amide bonds. The summed E-state index contributed by atoms with van der Waals surface area (Å²) in [7, 11) is 0. The van der Waals surface area contributed by atoms with Gasteiger partial charge in [-0.3, -0.25) is 4.79 Å². The Morgan fingerprint density at radius 1 is 0.971 bits per heavy atom. The third-order valence-corrected chi connectivity index (χ3v) is 7.16. The van der Waals surface area contributed by atoms with Crippen molar-refractivity contribution in [3.8, 4) is 16.9 Å². The van der Waals surface area contributed by atoms with Crippen LogP contribution in [0.25, 0.3) is 38.8 Å². The average molecular weight is 480 g/mol.